The van der Waals surface area contributed by atoms with Crippen LogP contribution >= 0.6 is 39.0 Å². The third kappa shape index (κ3) is 9.75. The molecule has 264 valence electrons. The number of hydrogen-bond acceptors (Lipinski definition) is 8. The molecule has 1 aliphatic rings. The fourth-order valence-corrected chi connectivity index (χ4v) is 8.09. The average molecular weight is 790 g/mol. The van der Waals surface area contributed by atoms with Gasteiger partial charge in [0.15, 0.2) is 0 Å². The van der Waals surface area contributed by atoms with Gasteiger partial charge >= 0.3 is 5.97 Å². The SMILES string of the molecule is CCOC(=O)c1c(NC(=O)C(CC)Sc2cccc(NC(=O)/C(=C\c3cccc(Br)c3)NC(=O)c3ccccc3)c2)sc2c1CCN(C(C)=O)C2. The fraction of sp³-hybridized carbons (Fsp3) is 0.237. The number of nitrogens with zero attached hydrogens (tertiary/aromatic N) is 1. The summed E-state index contributed by atoms with van der Waals surface area (Å²) >= 11 is 6.07. The highest BCUT2D eigenvalue weighted by Gasteiger charge is 2.31. The Labute approximate surface area is 313 Å². The molecule has 51 heavy (non-hydrogen) atoms. The molecule has 3 aromatic carbocycles. The van der Waals surface area contributed by atoms with E-state index in [1.165, 1.54) is 30.0 Å². The van der Waals surface area contributed by atoms with Crippen LogP contribution in [0.25, 0.3) is 6.08 Å². The lowest BCUT2D eigenvalue weighted by molar-refractivity contribution is -0.129. The zero-order chi connectivity index (χ0) is 36.5. The van der Waals surface area contributed by atoms with Crippen LogP contribution in [0.4, 0.5) is 10.7 Å². The van der Waals surface area contributed by atoms with Gasteiger partial charge in [-0.05, 0) is 79.4 Å². The lowest BCUT2D eigenvalue weighted by Crippen LogP contribution is -2.34. The van der Waals surface area contributed by atoms with Crippen LogP contribution < -0.4 is 16.0 Å². The summed E-state index contributed by atoms with van der Waals surface area (Å²) in [5.74, 6) is -1.79. The summed E-state index contributed by atoms with van der Waals surface area (Å²) in [5.41, 5.74) is 2.79. The fourth-order valence-electron chi connectivity index (χ4n) is 5.41. The molecule has 4 aromatic rings. The Hall–Kier alpha value is -4.72. The van der Waals surface area contributed by atoms with E-state index >= 15 is 0 Å². The number of anilines is 2. The maximum atomic E-state index is 13.7. The Bertz CT molecular complexity index is 1980. The monoisotopic (exact) mass is 788 g/mol. The van der Waals surface area contributed by atoms with Crippen molar-refractivity contribution in [3.63, 3.8) is 0 Å². The highest BCUT2D eigenvalue weighted by atomic mass is 79.9. The quantitative estimate of drug-likeness (QED) is 0.0769. The van der Waals surface area contributed by atoms with E-state index in [1.54, 1.807) is 66.4 Å². The van der Waals surface area contributed by atoms with Crippen LogP contribution in [0.15, 0.2) is 93.9 Å². The van der Waals surface area contributed by atoms with Crippen molar-refractivity contribution in [2.75, 3.05) is 23.8 Å². The van der Waals surface area contributed by atoms with Crippen molar-refractivity contribution in [3.8, 4) is 0 Å². The first kappa shape index (κ1) is 37.5. The van der Waals surface area contributed by atoms with Crippen molar-refractivity contribution in [2.45, 2.75) is 50.3 Å². The molecule has 1 atom stereocenters. The summed E-state index contributed by atoms with van der Waals surface area (Å²) in [6, 6.07) is 23.1. The molecule has 0 fully saturated rings. The van der Waals surface area contributed by atoms with Crippen LogP contribution in [0, 0.1) is 0 Å². The number of hydrogen-bond donors (Lipinski definition) is 3. The molecule has 10 nitrogen and oxygen atoms in total. The molecule has 13 heteroatoms. The number of esters is 1. The Morgan fingerprint density at radius 3 is 2.45 bits per heavy atom. The first-order valence-electron chi connectivity index (χ1n) is 16.4. The van der Waals surface area contributed by atoms with Crippen LogP contribution in [-0.2, 0) is 32.1 Å². The van der Waals surface area contributed by atoms with Crippen molar-refractivity contribution in [3.05, 3.63) is 116 Å². The minimum absolute atomic E-state index is 0.0492. The number of carbonyl (C=O) groups excluding carboxylic acids is 5. The van der Waals surface area contributed by atoms with Gasteiger partial charge in [0.1, 0.15) is 10.7 Å². The van der Waals surface area contributed by atoms with Gasteiger partial charge in [-0.25, -0.2) is 4.79 Å². The van der Waals surface area contributed by atoms with E-state index in [0.717, 1.165) is 19.8 Å². The number of carbonyl (C=O) groups is 5. The molecule has 1 unspecified atom stereocenters. The topological polar surface area (TPSA) is 134 Å². The molecule has 1 aromatic heterocycles. The van der Waals surface area contributed by atoms with E-state index in [9.17, 15) is 24.0 Å². The molecule has 3 N–H and O–H groups in total. The summed E-state index contributed by atoms with van der Waals surface area (Å²) in [5, 5.41) is 8.49. The van der Waals surface area contributed by atoms with Crippen LogP contribution in [0.2, 0.25) is 0 Å². The smallest absolute Gasteiger partial charge is 0.341 e. The Morgan fingerprint density at radius 2 is 1.75 bits per heavy atom. The third-order valence-electron chi connectivity index (χ3n) is 7.94. The second kappa shape index (κ2) is 17.5. The number of thioether (sulfide) groups is 1. The second-order valence-electron chi connectivity index (χ2n) is 11.5. The van der Waals surface area contributed by atoms with Gasteiger partial charge < -0.3 is 25.6 Å². The van der Waals surface area contributed by atoms with E-state index in [2.05, 4.69) is 31.9 Å². The summed E-state index contributed by atoms with van der Waals surface area (Å²) in [6.07, 6.45) is 2.58. The number of thiophene rings is 1. The van der Waals surface area contributed by atoms with Gasteiger partial charge in [-0.3, -0.25) is 19.2 Å². The molecule has 5 rings (SSSR count). The van der Waals surface area contributed by atoms with Gasteiger partial charge in [0.05, 0.1) is 24.0 Å². The molecular weight excluding hydrogens is 752 g/mol. The van der Waals surface area contributed by atoms with E-state index in [-0.39, 0.29) is 24.1 Å². The zero-order valence-electron chi connectivity index (χ0n) is 28.3. The zero-order valence-corrected chi connectivity index (χ0v) is 31.5. The Balaban J connectivity index is 1.32. The summed E-state index contributed by atoms with van der Waals surface area (Å²) in [6.45, 7) is 6.19. The van der Waals surface area contributed by atoms with E-state index in [0.29, 0.717) is 53.3 Å². The number of halogens is 1. The second-order valence-corrected chi connectivity index (χ2v) is 14.8. The molecule has 0 spiro atoms. The molecule has 0 bridgehead atoms. The summed E-state index contributed by atoms with van der Waals surface area (Å²) in [7, 11) is 0. The van der Waals surface area contributed by atoms with Gasteiger partial charge in [-0.1, -0.05) is 59.3 Å². The standard InChI is InChI=1S/C38H37BrN4O6S2/c1-4-31(36(47)42-37-33(38(48)49-5-2)29-17-18-43(23(3)44)22-32(29)51-37)50-28-16-10-15-27(21-28)40-35(46)30(20-24-11-9-14-26(39)19-24)41-34(45)25-12-7-6-8-13-25/h6-16,19-21,31H,4-5,17-18,22H2,1-3H3,(H,40,46)(H,41,45)(H,42,47)/b30-20+. The minimum atomic E-state index is -0.531. The number of amides is 4. The normalized spacial score (nSPS) is 13.1. The Kier molecular flexibility index (Phi) is 12.9. The molecule has 0 saturated carbocycles. The summed E-state index contributed by atoms with van der Waals surface area (Å²) < 4.78 is 6.16. The maximum Gasteiger partial charge on any atom is 0.341 e. The molecule has 0 saturated heterocycles. The van der Waals surface area contributed by atoms with Crippen LogP contribution in [0.1, 0.15) is 63.9 Å². The van der Waals surface area contributed by atoms with Crippen molar-refractivity contribution in [1.29, 1.82) is 0 Å². The van der Waals surface area contributed by atoms with Gasteiger partial charge in [-0.2, -0.15) is 0 Å². The van der Waals surface area contributed by atoms with Crippen LogP contribution in [0.3, 0.4) is 0 Å². The largest absolute Gasteiger partial charge is 0.462 e. The molecule has 4 amide bonds. The van der Waals surface area contributed by atoms with Gasteiger partial charge in [0.2, 0.25) is 11.8 Å². The van der Waals surface area contributed by atoms with Gasteiger partial charge in [-0.15, -0.1) is 23.1 Å². The first-order chi connectivity index (χ1) is 24.6. The van der Waals surface area contributed by atoms with E-state index in [1.807, 2.05) is 37.3 Å². The molecule has 0 radical (unpaired) electrons. The molecule has 0 aliphatic carbocycles. The predicted octanol–water partition coefficient (Wildman–Crippen LogP) is 7.51. The lowest BCUT2D eigenvalue weighted by Gasteiger charge is -2.25. The highest BCUT2D eigenvalue weighted by molar-refractivity contribution is 9.10. The molecular formula is C38H37BrN4O6S2. The Morgan fingerprint density at radius 1 is 0.980 bits per heavy atom. The van der Waals surface area contributed by atoms with Crippen molar-refractivity contribution in [1.82, 2.24) is 10.2 Å². The number of fused-ring (bicyclic) bond motifs is 1. The van der Waals surface area contributed by atoms with Gasteiger partial charge in [0.25, 0.3) is 11.8 Å². The molecule has 2 heterocycles. The highest BCUT2D eigenvalue weighted by Crippen LogP contribution is 2.39. The number of nitrogens with one attached hydrogen (secondary N) is 3. The third-order valence-corrected chi connectivity index (χ3v) is 10.9. The van der Waals surface area contributed by atoms with E-state index < -0.39 is 23.0 Å². The predicted molar refractivity (Wildman–Crippen MR) is 205 cm³/mol. The van der Waals surface area contributed by atoms with Crippen molar-refractivity contribution in [2.24, 2.45) is 0 Å². The van der Waals surface area contributed by atoms with Crippen molar-refractivity contribution < 1.29 is 28.7 Å². The minimum Gasteiger partial charge on any atom is -0.462 e. The molecule has 1 aliphatic heterocycles. The van der Waals surface area contributed by atoms with Crippen LogP contribution in [-0.4, -0.2) is 52.9 Å². The van der Waals surface area contributed by atoms with E-state index in [4.69, 9.17) is 4.74 Å². The van der Waals surface area contributed by atoms with Crippen LogP contribution in [0.5, 0.6) is 0 Å². The average Bonchev–Trinajstić information content (AvgIpc) is 3.48. The van der Waals surface area contributed by atoms with Gasteiger partial charge in [0, 0.05) is 39.0 Å². The number of benzene rings is 3. The van der Waals surface area contributed by atoms with Crippen molar-refractivity contribution >= 4 is 85.4 Å². The first-order valence-corrected chi connectivity index (χ1v) is 18.8. The lowest BCUT2D eigenvalue weighted by atomic mass is 10.0. The maximum absolute atomic E-state index is 13.7. The number of ether oxygens (including phenoxy) is 1. The number of rotatable bonds is 12. The summed E-state index contributed by atoms with van der Waals surface area (Å²) in [4.78, 5) is 68.7.